The second-order valence-electron chi connectivity index (χ2n) is 3.35. The largest absolute Gasteiger partial charge is 0.415 e. The van der Waals surface area contributed by atoms with Crippen molar-refractivity contribution in [1.29, 1.82) is 0 Å². The predicted octanol–water partition coefficient (Wildman–Crippen LogP) is 2.44. The second kappa shape index (κ2) is 3.99. The molecule has 0 aliphatic carbocycles. The summed E-state index contributed by atoms with van der Waals surface area (Å²) < 4.78 is 5.54. The van der Waals surface area contributed by atoms with Crippen LogP contribution in [-0.2, 0) is 0 Å². The van der Waals surface area contributed by atoms with E-state index < -0.39 is 0 Å². The van der Waals surface area contributed by atoms with Crippen LogP contribution in [0.4, 0.5) is 5.13 Å². The number of nitrogens with two attached hydrogens (primary N) is 1. The summed E-state index contributed by atoms with van der Waals surface area (Å²) in [6, 6.07) is 9.58. The lowest BCUT2D eigenvalue weighted by molar-refractivity contribution is 0.582. The van der Waals surface area contributed by atoms with Crippen LogP contribution in [0.5, 0.6) is 0 Å². The summed E-state index contributed by atoms with van der Waals surface area (Å²) in [5.74, 6) is 0.865. The number of nitrogen functional groups attached to an aromatic ring is 1. The summed E-state index contributed by atoms with van der Waals surface area (Å²) >= 11 is 1.34. The minimum Gasteiger partial charge on any atom is -0.415 e. The maximum absolute atomic E-state index is 5.55. The molecule has 0 spiro atoms. The van der Waals surface area contributed by atoms with E-state index in [-0.39, 0.29) is 0 Å². The van der Waals surface area contributed by atoms with Gasteiger partial charge in [0.2, 0.25) is 5.89 Å². The number of thiazole rings is 1. The molecule has 2 N–H and O–H groups in total. The standard InChI is InChI=1S/C11H8N4OS/c12-11-13-8(6-17-11)10-15-14-9(16-10)7-4-2-1-3-5-7/h1-6H,(H2,12,13). The SMILES string of the molecule is Nc1nc(-c2nnc(-c3ccccc3)o2)cs1. The normalized spacial score (nSPS) is 10.6. The zero-order valence-electron chi connectivity index (χ0n) is 8.70. The Hall–Kier alpha value is -2.21. The third-order valence-corrected chi connectivity index (χ3v) is 2.86. The number of aromatic nitrogens is 3. The molecular weight excluding hydrogens is 236 g/mol. The Morgan fingerprint density at radius 3 is 2.53 bits per heavy atom. The lowest BCUT2D eigenvalue weighted by atomic mass is 10.2. The van der Waals surface area contributed by atoms with Crippen LogP contribution in [0.25, 0.3) is 23.0 Å². The van der Waals surface area contributed by atoms with Crippen LogP contribution in [-0.4, -0.2) is 15.2 Å². The van der Waals surface area contributed by atoms with Gasteiger partial charge in [-0.1, -0.05) is 18.2 Å². The van der Waals surface area contributed by atoms with E-state index in [4.69, 9.17) is 10.2 Å². The van der Waals surface area contributed by atoms with E-state index in [1.54, 1.807) is 5.38 Å². The van der Waals surface area contributed by atoms with Gasteiger partial charge >= 0.3 is 0 Å². The number of nitrogens with zero attached hydrogens (tertiary/aromatic N) is 3. The molecule has 0 bridgehead atoms. The molecule has 3 aromatic rings. The van der Waals surface area contributed by atoms with Gasteiger partial charge < -0.3 is 10.2 Å². The molecule has 1 aromatic carbocycles. The number of anilines is 1. The summed E-state index contributed by atoms with van der Waals surface area (Å²) in [6.45, 7) is 0. The Morgan fingerprint density at radius 1 is 1.06 bits per heavy atom. The zero-order valence-corrected chi connectivity index (χ0v) is 9.52. The number of rotatable bonds is 2. The highest BCUT2D eigenvalue weighted by Gasteiger charge is 2.12. The van der Waals surface area contributed by atoms with Gasteiger partial charge in [-0.05, 0) is 12.1 Å². The Labute approximate surface area is 101 Å². The molecule has 0 unspecified atom stereocenters. The number of benzene rings is 1. The first-order chi connectivity index (χ1) is 8.33. The molecule has 0 atom stereocenters. The average molecular weight is 244 g/mol. The molecular formula is C11H8N4OS. The van der Waals surface area contributed by atoms with E-state index >= 15 is 0 Å². The lowest BCUT2D eigenvalue weighted by Gasteiger charge is -1.91. The molecule has 17 heavy (non-hydrogen) atoms. The van der Waals surface area contributed by atoms with Gasteiger partial charge in [-0.25, -0.2) is 4.98 Å². The van der Waals surface area contributed by atoms with Gasteiger partial charge in [-0.2, -0.15) is 0 Å². The highest BCUT2D eigenvalue weighted by molar-refractivity contribution is 7.13. The van der Waals surface area contributed by atoms with Crippen LogP contribution < -0.4 is 5.73 Å². The van der Waals surface area contributed by atoms with E-state index in [9.17, 15) is 0 Å². The Morgan fingerprint density at radius 2 is 1.82 bits per heavy atom. The molecule has 0 amide bonds. The zero-order chi connectivity index (χ0) is 11.7. The lowest BCUT2D eigenvalue weighted by Crippen LogP contribution is -1.82. The summed E-state index contributed by atoms with van der Waals surface area (Å²) in [4.78, 5) is 4.09. The molecule has 0 saturated heterocycles. The van der Waals surface area contributed by atoms with Crippen molar-refractivity contribution in [3.63, 3.8) is 0 Å². The summed E-state index contributed by atoms with van der Waals surface area (Å²) in [5.41, 5.74) is 7.05. The molecule has 0 radical (unpaired) electrons. The monoisotopic (exact) mass is 244 g/mol. The van der Waals surface area contributed by atoms with E-state index in [0.29, 0.717) is 22.6 Å². The van der Waals surface area contributed by atoms with Crippen molar-refractivity contribution in [2.24, 2.45) is 0 Å². The fourth-order valence-corrected chi connectivity index (χ4v) is 1.95. The van der Waals surface area contributed by atoms with Gasteiger partial charge in [-0.3, -0.25) is 0 Å². The Bertz CT molecular complexity index is 632. The molecule has 0 saturated carbocycles. The van der Waals surface area contributed by atoms with Crippen molar-refractivity contribution < 1.29 is 4.42 Å². The van der Waals surface area contributed by atoms with Gasteiger partial charge in [0.1, 0.15) is 5.69 Å². The Balaban J connectivity index is 1.99. The van der Waals surface area contributed by atoms with E-state index in [1.807, 2.05) is 30.3 Å². The van der Waals surface area contributed by atoms with Crippen LogP contribution in [0.3, 0.4) is 0 Å². The fourth-order valence-electron chi connectivity index (χ4n) is 1.41. The quantitative estimate of drug-likeness (QED) is 0.749. The maximum Gasteiger partial charge on any atom is 0.267 e. The Kier molecular flexibility index (Phi) is 2.34. The molecule has 2 aromatic heterocycles. The summed E-state index contributed by atoms with van der Waals surface area (Å²) in [5, 5.41) is 10.2. The van der Waals surface area contributed by atoms with E-state index in [2.05, 4.69) is 15.2 Å². The minimum absolute atomic E-state index is 0.386. The maximum atomic E-state index is 5.55. The molecule has 84 valence electrons. The summed E-state index contributed by atoms with van der Waals surface area (Å²) in [7, 11) is 0. The van der Waals surface area contributed by atoms with Crippen LogP contribution in [0.1, 0.15) is 0 Å². The van der Waals surface area contributed by atoms with Gasteiger partial charge in [-0.15, -0.1) is 21.5 Å². The third kappa shape index (κ3) is 1.90. The van der Waals surface area contributed by atoms with Gasteiger partial charge in [0.05, 0.1) is 0 Å². The molecule has 0 aliphatic heterocycles. The van der Waals surface area contributed by atoms with Crippen molar-refractivity contribution in [3.8, 4) is 23.0 Å². The third-order valence-electron chi connectivity index (χ3n) is 2.19. The van der Waals surface area contributed by atoms with Gasteiger partial charge in [0, 0.05) is 10.9 Å². The van der Waals surface area contributed by atoms with Crippen LogP contribution >= 0.6 is 11.3 Å². The van der Waals surface area contributed by atoms with Gasteiger partial charge in [0.25, 0.3) is 5.89 Å². The first-order valence-electron chi connectivity index (χ1n) is 4.93. The highest BCUT2D eigenvalue weighted by Crippen LogP contribution is 2.25. The molecule has 6 heteroatoms. The fraction of sp³-hybridized carbons (Fsp3) is 0. The summed E-state index contributed by atoms with van der Waals surface area (Å²) in [6.07, 6.45) is 0. The predicted molar refractivity (Wildman–Crippen MR) is 65.3 cm³/mol. The molecule has 5 nitrogen and oxygen atoms in total. The van der Waals surface area contributed by atoms with Crippen LogP contribution in [0.15, 0.2) is 40.1 Å². The van der Waals surface area contributed by atoms with Crippen molar-refractivity contribution in [2.45, 2.75) is 0 Å². The van der Waals surface area contributed by atoms with E-state index in [1.165, 1.54) is 11.3 Å². The smallest absolute Gasteiger partial charge is 0.267 e. The molecule has 2 heterocycles. The first kappa shape index (κ1) is 9.98. The van der Waals surface area contributed by atoms with Gasteiger partial charge in [0.15, 0.2) is 5.13 Å². The van der Waals surface area contributed by atoms with Crippen LogP contribution in [0, 0.1) is 0 Å². The van der Waals surface area contributed by atoms with Crippen LogP contribution in [0.2, 0.25) is 0 Å². The molecule has 0 fully saturated rings. The minimum atomic E-state index is 0.386. The van der Waals surface area contributed by atoms with Crippen molar-refractivity contribution in [3.05, 3.63) is 35.7 Å². The van der Waals surface area contributed by atoms with Crippen molar-refractivity contribution in [2.75, 3.05) is 5.73 Å². The number of hydrogen-bond donors (Lipinski definition) is 1. The second-order valence-corrected chi connectivity index (χ2v) is 4.24. The highest BCUT2D eigenvalue weighted by atomic mass is 32.1. The average Bonchev–Trinajstić information content (AvgIpc) is 2.98. The first-order valence-corrected chi connectivity index (χ1v) is 5.81. The van der Waals surface area contributed by atoms with Crippen molar-refractivity contribution in [1.82, 2.24) is 15.2 Å². The van der Waals surface area contributed by atoms with E-state index in [0.717, 1.165) is 5.56 Å². The topological polar surface area (TPSA) is 77.8 Å². The molecule has 3 rings (SSSR count). The van der Waals surface area contributed by atoms with Crippen molar-refractivity contribution >= 4 is 16.5 Å². The number of hydrogen-bond acceptors (Lipinski definition) is 6. The molecule has 0 aliphatic rings.